The molecule has 0 atom stereocenters. The first-order valence-corrected chi connectivity index (χ1v) is 10.6. The summed E-state index contributed by atoms with van der Waals surface area (Å²) in [5.74, 6) is -1.06. The molecular weight excluding hydrogens is 426 g/mol. The Balaban J connectivity index is 1.75. The Kier molecular flexibility index (Phi) is 6.09. The number of hydrogen-bond acceptors (Lipinski definition) is 4. The fraction of sp³-hybridized carbons (Fsp3) is 0.0476. The summed E-state index contributed by atoms with van der Waals surface area (Å²) < 4.78 is 27.4. The van der Waals surface area contributed by atoms with Crippen LogP contribution in [0.25, 0.3) is 0 Å². The summed E-state index contributed by atoms with van der Waals surface area (Å²) in [6, 6.07) is 16.7. The highest BCUT2D eigenvalue weighted by Gasteiger charge is 2.16. The van der Waals surface area contributed by atoms with Crippen LogP contribution in [0.1, 0.15) is 26.3 Å². The van der Waals surface area contributed by atoms with Crippen LogP contribution in [0.15, 0.2) is 71.6 Å². The molecule has 0 radical (unpaired) electrons. The molecule has 154 valence electrons. The van der Waals surface area contributed by atoms with Gasteiger partial charge in [0.25, 0.3) is 15.9 Å². The van der Waals surface area contributed by atoms with Crippen LogP contribution in [0.5, 0.6) is 0 Å². The van der Waals surface area contributed by atoms with Crippen molar-refractivity contribution in [2.45, 2.75) is 11.8 Å². The van der Waals surface area contributed by atoms with E-state index >= 15 is 0 Å². The molecule has 3 rings (SSSR count). The molecule has 0 spiro atoms. The first-order valence-electron chi connectivity index (χ1n) is 8.76. The van der Waals surface area contributed by atoms with Crippen molar-refractivity contribution in [2.75, 3.05) is 10.0 Å². The van der Waals surface area contributed by atoms with Gasteiger partial charge in [-0.15, -0.1) is 0 Å². The number of sulfonamides is 1. The Morgan fingerprint density at radius 3 is 2.07 bits per heavy atom. The second-order valence-electron chi connectivity index (χ2n) is 6.51. The molecule has 0 saturated heterocycles. The van der Waals surface area contributed by atoms with E-state index in [4.69, 9.17) is 17.3 Å². The summed E-state index contributed by atoms with van der Waals surface area (Å²) in [4.78, 5) is 23.7. The molecule has 0 bridgehead atoms. The lowest BCUT2D eigenvalue weighted by Crippen LogP contribution is -2.15. The Labute approximate surface area is 178 Å². The number of nitrogens with two attached hydrogens (primary N) is 1. The van der Waals surface area contributed by atoms with E-state index in [0.717, 1.165) is 5.56 Å². The third-order valence-electron chi connectivity index (χ3n) is 4.22. The number of rotatable bonds is 6. The fourth-order valence-corrected chi connectivity index (χ4v) is 3.93. The van der Waals surface area contributed by atoms with E-state index in [0.29, 0.717) is 11.3 Å². The number of carbonyl (C=O) groups is 2. The molecule has 0 fully saturated rings. The summed E-state index contributed by atoms with van der Waals surface area (Å²) in [5.41, 5.74) is 7.28. The van der Waals surface area contributed by atoms with Crippen LogP contribution in [0.3, 0.4) is 0 Å². The molecule has 0 aromatic heterocycles. The van der Waals surface area contributed by atoms with Gasteiger partial charge >= 0.3 is 0 Å². The summed E-state index contributed by atoms with van der Waals surface area (Å²) in [6.07, 6.45) is 0. The quantitative estimate of drug-likeness (QED) is 0.536. The van der Waals surface area contributed by atoms with Crippen LogP contribution < -0.4 is 15.8 Å². The molecule has 9 heteroatoms. The number of anilines is 2. The van der Waals surface area contributed by atoms with Gasteiger partial charge in [0.1, 0.15) is 0 Å². The normalized spacial score (nSPS) is 11.0. The number of benzene rings is 3. The highest BCUT2D eigenvalue weighted by Crippen LogP contribution is 2.24. The topological polar surface area (TPSA) is 118 Å². The van der Waals surface area contributed by atoms with Crippen LogP contribution in [-0.2, 0) is 10.0 Å². The minimum absolute atomic E-state index is 0.0744. The largest absolute Gasteiger partial charge is 0.366 e. The van der Waals surface area contributed by atoms with Crippen LogP contribution in [0.4, 0.5) is 11.4 Å². The fourth-order valence-electron chi connectivity index (χ4n) is 2.61. The maximum Gasteiger partial charge on any atom is 0.261 e. The maximum atomic E-state index is 12.5. The van der Waals surface area contributed by atoms with Crippen molar-refractivity contribution in [2.24, 2.45) is 5.73 Å². The molecule has 3 aromatic rings. The van der Waals surface area contributed by atoms with Gasteiger partial charge in [-0.3, -0.25) is 14.3 Å². The van der Waals surface area contributed by atoms with Crippen molar-refractivity contribution >= 4 is 44.8 Å². The molecule has 7 nitrogen and oxygen atoms in total. The maximum absolute atomic E-state index is 12.5. The zero-order valence-corrected chi connectivity index (χ0v) is 17.4. The van der Waals surface area contributed by atoms with Gasteiger partial charge in [-0.1, -0.05) is 29.3 Å². The van der Waals surface area contributed by atoms with Crippen LogP contribution >= 0.6 is 11.6 Å². The van der Waals surface area contributed by atoms with Crippen molar-refractivity contribution in [3.8, 4) is 0 Å². The number of primary amides is 1. The average Bonchev–Trinajstić information content (AvgIpc) is 2.68. The van der Waals surface area contributed by atoms with Crippen molar-refractivity contribution in [1.82, 2.24) is 0 Å². The molecule has 2 amide bonds. The van der Waals surface area contributed by atoms with E-state index in [-0.39, 0.29) is 21.2 Å². The molecule has 0 unspecified atom stereocenters. The Morgan fingerprint density at radius 1 is 0.900 bits per heavy atom. The van der Waals surface area contributed by atoms with Crippen molar-refractivity contribution in [3.63, 3.8) is 0 Å². The van der Waals surface area contributed by atoms with Gasteiger partial charge in [0.05, 0.1) is 21.2 Å². The zero-order chi connectivity index (χ0) is 21.9. The average molecular weight is 444 g/mol. The highest BCUT2D eigenvalue weighted by molar-refractivity contribution is 7.92. The highest BCUT2D eigenvalue weighted by atomic mass is 35.5. The first kappa shape index (κ1) is 21.4. The summed E-state index contributed by atoms with van der Waals surface area (Å²) in [7, 11) is -3.79. The minimum atomic E-state index is -3.79. The molecular formula is C21H18ClN3O4S. The lowest BCUT2D eigenvalue weighted by atomic mass is 10.1. The van der Waals surface area contributed by atoms with Gasteiger partial charge < -0.3 is 11.1 Å². The molecule has 0 heterocycles. The Hall–Kier alpha value is -3.36. The van der Waals surface area contributed by atoms with Crippen molar-refractivity contribution in [1.29, 1.82) is 0 Å². The number of nitrogens with one attached hydrogen (secondary N) is 2. The second-order valence-corrected chi connectivity index (χ2v) is 8.60. The van der Waals surface area contributed by atoms with E-state index < -0.39 is 21.8 Å². The number of amides is 2. The predicted molar refractivity (Wildman–Crippen MR) is 116 cm³/mol. The summed E-state index contributed by atoms with van der Waals surface area (Å²) >= 11 is 6.20. The molecule has 0 saturated carbocycles. The predicted octanol–water partition coefficient (Wildman–Crippen LogP) is 3.80. The standard InChI is InChI=1S/C21H18ClN3O4S/c1-13-2-9-17(10-3-13)30(28,29)25-16-8-11-18(19(22)12-16)21(27)24-15-6-4-14(5-7-15)20(23)26/h2-12,25H,1H3,(H2,23,26)(H,24,27). The molecule has 0 aliphatic rings. The van der Waals surface area contributed by atoms with Crippen LogP contribution in [0, 0.1) is 6.92 Å². The van der Waals surface area contributed by atoms with Gasteiger partial charge in [-0.2, -0.15) is 0 Å². The Bertz CT molecular complexity index is 1210. The minimum Gasteiger partial charge on any atom is -0.366 e. The first-order chi connectivity index (χ1) is 14.2. The smallest absolute Gasteiger partial charge is 0.261 e. The zero-order valence-electron chi connectivity index (χ0n) is 15.8. The third kappa shape index (κ3) is 4.97. The molecule has 4 N–H and O–H groups in total. The van der Waals surface area contributed by atoms with Gasteiger partial charge in [-0.05, 0) is 61.5 Å². The number of carbonyl (C=O) groups excluding carboxylic acids is 2. The third-order valence-corrected chi connectivity index (χ3v) is 5.93. The SMILES string of the molecule is Cc1ccc(S(=O)(=O)Nc2ccc(C(=O)Nc3ccc(C(N)=O)cc3)c(Cl)c2)cc1. The van der Waals surface area contributed by atoms with E-state index in [1.807, 2.05) is 6.92 Å². The van der Waals surface area contributed by atoms with Crippen molar-refractivity contribution < 1.29 is 18.0 Å². The van der Waals surface area contributed by atoms with E-state index in [9.17, 15) is 18.0 Å². The number of aryl methyl sites for hydroxylation is 1. The lowest BCUT2D eigenvalue weighted by molar-refractivity contribution is 0.0998. The van der Waals surface area contributed by atoms with Crippen LogP contribution in [0.2, 0.25) is 5.02 Å². The molecule has 0 aliphatic carbocycles. The Morgan fingerprint density at radius 2 is 1.50 bits per heavy atom. The summed E-state index contributed by atoms with van der Waals surface area (Å²) in [6.45, 7) is 1.86. The summed E-state index contributed by atoms with van der Waals surface area (Å²) in [5, 5.41) is 2.72. The van der Waals surface area contributed by atoms with Gasteiger partial charge in [-0.25, -0.2) is 8.42 Å². The van der Waals surface area contributed by atoms with E-state index in [1.54, 1.807) is 12.1 Å². The van der Waals surface area contributed by atoms with E-state index in [2.05, 4.69) is 10.0 Å². The molecule has 30 heavy (non-hydrogen) atoms. The van der Waals surface area contributed by atoms with Crippen molar-refractivity contribution in [3.05, 3.63) is 88.4 Å². The second kappa shape index (κ2) is 8.56. The van der Waals surface area contributed by atoms with Gasteiger partial charge in [0, 0.05) is 11.3 Å². The number of hydrogen-bond donors (Lipinski definition) is 3. The van der Waals surface area contributed by atoms with E-state index in [1.165, 1.54) is 54.6 Å². The lowest BCUT2D eigenvalue weighted by Gasteiger charge is -2.11. The van der Waals surface area contributed by atoms with Gasteiger partial charge in [0.2, 0.25) is 5.91 Å². The molecule has 3 aromatic carbocycles. The monoisotopic (exact) mass is 443 g/mol. The van der Waals surface area contributed by atoms with Crippen LogP contribution in [-0.4, -0.2) is 20.2 Å². The number of halogens is 1. The molecule has 0 aliphatic heterocycles. The van der Waals surface area contributed by atoms with Gasteiger partial charge in [0.15, 0.2) is 0 Å².